The van der Waals surface area contributed by atoms with Gasteiger partial charge >= 0.3 is 0 Å². The number of ketones is 1. The van der Waals surface area contributed by atoms with Gasteiger partial charge in [-0.3, -0.25) is 4.79 Å². The lowest BCUT2D eigenvalue weighted by Crippen LogP contribution is -2.07. The maximum absolute atomic E-state index is 11.7. The first-order valence-corrected chi connectivity index (χ1v) is 5.23. The molecule has 2 nitrogen and oxygen atoms in total. The van der Waals surface area contributed by atoms with Gasteiger partial charge < -0.3 is 4.74 Å². The minimum absolute atomic E-state index is 0.0299. The van der Waals surface area contributed by atoms with Crippen LogP contribution in [0.1, 0.15) is 18.9 Å². The molecule has 0 bridgehead atoms. The van der Waals surface area contributed by atoms with Crippen molar-refractivity contribution in [1.82, 2.24) is 0 Å². The van der Waals surface area contributed by atoms with Crippen LogP contribution in [0.2, 0.25) is 0 Å². The van der Waals surface area contributed by atoms with Crippen LogP contribution in [0.3, 0.4) is 0 Å². The average molecular weight is 202 g/mol. The molecule has 1 aliphatic rings. The van der Waals surface area contributed by atoms with E-state index in [1.54, 1.807) is 0 Å². The van der Waals surface area contributed by atoms with Crippen LogP contribution in [-0.4, -0.2) is 18.5 Å². The van der Waals surface area contributed by atoms with Crippen molar-refractivity contribution in [3.05, 3.63) is 42.0 Å². The standard InChI is InChI=1S/C13H14O2/c1-2-15-11-8-12(13(14)9-11)10-6-4-3-5-7-10/h3-8,11H,2,9H2,1H3. The maximum Gasteiger partial charge on any atom is 0.166 e. The number of hydrogen-bond donors (Lipinski definition) is 0. The van der Waals surface area contributed by atoms with Crippen molar-refractivity contribution in [3.8, 4) is 0 Å². The Bertz CT molecular complexity index is 379. The molecule has 0 aromatic heterocycles. The van der Waals surface area contributed by atoms with Gasteiger partial charge in [0.2, 0.25) is 0 Å². The Hall–Kier alpha value is -1.41. The summed E-state index contributed by atoms with van der Waals surface area (Å²) < 4.78 is 5.43. The zero-order valence-electron chi connectivity index (χ0n) is 8.77. The van der Waals surface area contributed by atoms with Crippen molar-refractivity contribution in [2.45, 2.75) is 19.4 Å². The summed E-state index contributed by atoms with van der Waals surface area (Å²) in [4.78, 5) is 11.7. The molecule has 1 aromatic carbocycles. The zero-order valence-corrected chi connectivity index (χ0v) is 8.77. The van der Waals surface area contributed by atoms with Crippen LogP contribution in [0.25, 0.3) is 5.57 Å². The smallest absolute Gasteiger partial charge is 0.166 e. The van der Waals surface area contributed by atoms with Crippen LogP contribution in [0.15, 0.2) is 36.4 Å². The number of benzene rings is 1. The van der Waals surface area contributed by atoms with Gasteiger partial charge in [-0.1, -0.05) is 30.3 Å². The van der Waals surface area contributed by atoms with Crippen LogP contribution in [0.5, 0.6) is 0 Å². The molecule has 0 saturated carbocycles. The van der Waals surface area contributed by atoms with Crippen molar-refractivity contribution < 1.29 is 9.53 Å². The molecule has 1 unspecified atom stereocenters. The van der Waals surface area contributed by atoms with E-state index in [4.69, 9.17) is 4.74 Å². The summed E-state index contributed by atoms with van der Waals surface area (Å²) in [6.07, 6.45) is 2.39. The molecule has 0 heterocycles. The summed E-state index contributed by atoms with van der Waals surface area (Å²) >= 11 is 0. The Balaban J connectivity index is 2.22. The summed E-state index contributed by atoms with van der Waals surface area (Å²) in [5.41, 5.74) is 1.79. The van der Waals surface area contributed by atoms with E-state index >= 15 is 0 Å². The first kappa shape index (κ1) is 10.1. The van der Waals surface area contributed by atoms with Crippen molar-refractivity contribution in [2.24, 2.45) is 0 Å². The largest absolute Gasteiger partial charge is 0.374 e. The van der Waals surface area contributed by atoms with Crippen LogP contribution in [0.4, 0.5) is 0 Å². The molecule has 0 radical (unpaired) electrons. The van der Waals surface area contributed by atoms with Crippen molar-refractivity contribution >= 4 is 11.4 Å². The molecule has 1 aliphatic carbocycles. The highest BCUT2D eigenvalue weighted by molar-refractivity contribution is 6.23. The summed E-state index contributed by atoms with van der Waals surface area (Å²) in [6.45, 7) is 2.59. The van der Waals surface area contributed by atoms with E-state index < -0.39 is 0 Å². The Morgan fingerprint density at radius 1 is 1.33 bits per heavy atom. The van der Waals surface area contributed by atoms with E-state index in [9.17, 15) is 4.79 Å². The van der Waals surface area contributed by atoms with Gasteiger partial charge in [-0.15, -0.1) is 0 Å². The van der Waals surface area contributed by atoms with Gasteiger partial charge in [-0.25, -0.2) is 0 Å². The number of carbonyl (C=O) groups excluding carboxylic acids is 1. The highest BCUT2D eigenvalue weighted by Crippen LogP contribution is 2.26. The van der Waals surface area contributed by atoms with Gasteiger partial charge in [0, 0.05) is 18.6 Å². The molecule has 0 N–H and O–H groups in total. The predicted octanol–water partition coefficient (Wildman–Crippen LogP) is 2.45. The lowest BCUT2D eigenvalue weighted by atomic mass is 10.1. The van der Waals surface area contributed by atoms with E-state index in [1.165, 1.54) is 0 Å². The molecule has 1 aromatic rings. The van der Waals surface area contributed by atoms with Crippen molar-refractivity contribution in [2.75, 3.05) is 6.61 Å². The summed E-state index contributed by atoms with van der Waals surface area (Å²) in [7, 11) is 0. The molecule has 0 aliphatic heterocycles. The topological polar surface area (TPSA) is 26.3 Å². The number of hydrogen-bond acceptors (Lipinski definition) is 2. The zero-order chi connectivity index (χ0) is 10.7. The number of allylic oxidation sites excluding steroid dienone is 1. The highest BCUT2D eigenvalue weighted by Gasteiger charge is 2.24. The number of Topliss-reactive ketones (excluding diaryl/α,β-unsaturated/α-hetero) is 1. The lowest BCUT2D eigenvalue weighted by molar-refractivity contribution is -0.114. The normalized spacial score (nSPS) is 20.5. The minimum Gasteiger partial charge on any atom is -0.374 e. The van der Waals surface area contributed by atoms with Gasteiger partial charge in [0.1, 0.15) is 0 Å². The molecule has 0 saturated heterocycles. The molecule has 1 atom stereocenters. The second kappa shape index (κ2) is 4.41. The fourth-order valence-corrected chi connectivity index (χ4v) is 1.83. The fourth-order valence-electron chi connectivity index (χ4n) is 1.83. The molecule has 0 amide bonds. The van der Waals surface area contributed by atoms with E-state index in [0.717, 1.165) is 11.1 Å². The molecular weight excluding hydrogens is 188 g/mol. The van der Waals surface area contributed by atoms with E-state index in [2.05, 4.69) is 0 Å². The molecule has 2 rings (SSSR count). The van der Waals surface area contributed by atoms with Crippen LogP contribution >= 0.6 is 0 Å². The fraction of sp³-hybridized carbons (Fsp3) is 0.308. The van der Waals surface area contributed by atoms with Crippen LogP contribution < -0.4 is 0 Å². The monoisotopic (exact) mass is 202 g/mol. The third-order valence-electron chi connectivity index (χ3n) is 2.51. The molecule has 0 fully saturated rings. The van der Waals surface area contributed by atoms with Crippen molar-refractivity contribution in [3.63, 3.8) is 0 Å². The SMILES string of the molecule is CCOC1C=C(c2ccccc2)C(=O)C1. The molecule has 2 heteroatoms. The highest BCUT2D eigenvalue weighted by atomic mass is 16.5. The summed E-state index contributed by atoms with van der Waals surface area (Å²) in [5.74, 6) is 0.180. The van der Waals surface area contributed by atoms with Gasteiger partial charge in [0.05, 0.1) is 6.10 Å². The Morgan fingerprint density at radius 3 is 2.73 bits per heavy atom. The maximum atomic E-state index is 11.7. The van der Waals surface area contributed by atoms with Gasteiger partial charge in [-0.2, -0.15) is 0 Å². The van der Waals surface area contributed by atoms with Gasteiger partial charge in [-0.05, 0) is 18.6 Å². The Morgan fingerprint density at radius 2 is 2.07 bits per heavy atom. The molecule has 0 spiro atoms. The summed E-state index contributed by atoms with van der Waals surface area (Å²) in [6, 6.07) is 9.74. The molecule has 15 heavy (non-hydrogen) atoms. The first-order chi connectivity index (χ1) is 7.31. The van der Waals surface area contributed by atoms with Crippen molar-refractivity contribution in [1.29, 1.82) is 0 Å². The number of carbonyl (C=O) groups is 1. The van der Waals surface area contributed by atoms with E-state index in [-0.39, 0.29) is 11.9 Å². The minimum atomic E-state index is -0.0299. The number of rotatable bonds is 3. The second-order valence-corrected chi connectivity index (χ2v) is 3.57. The Labute approximate surface area is 89.6 Å². The molecule has 78 valence electrons. The van der Waals surface area contributed by atoms with Gasteiger partial charge in [0.25, 0.3) is 0 Å². The lowest BCUT2D eigenvalue weighted by Gasteiger charge is -2.03. The summed E-state index contributed by atoms with van der Waals surface area (Å²) in [5, 5.41) is 0. The molecular formula is C13H14O2. The van der Waals surface area contributed by atoms with E-state index in [1.807, 2.05) is 43.3 Å². The predicted molar refractivity (Wildman–Crippen MR) is 59.5 cm³/mol. The average Bonchev–Trinajstić information content (AvgIpc) is 2.61. The van der Waals surface area contributed by atoms with E-state index in [0.29, 0.717) is 13.0 Å². The van der Waals surface area contributed by atoms with Gasteiger partial charge in [0.15, 0.2) is 5.78 Å². The van der Waals surface area contributed by atoms with Crippen LogP contribution in [-0.2, 0) is 9.53 Å². The van der Waals surface area contributed by atoms with Crippen LogP contribution in [0, 0.1) is 0 Å². The third-order valence-corrected chi connectivity index (χ3v) is 2.51. The second-order valence-electron chi connectivity index (χ2n) is 3.57. The quantitative estimate of drug-likeness (QED) is 0.752. The Kier molecular flexibility index (Phi) is 2.97. The number of ether oxygens (including phenoxy) is 1. The third kappa shape index (κ3) is 2.16. The first-order valence-electron chi connectivity index (χ1n) is 5.23.